The van der Waals surface area contributed by atoms with Gasteiger partial charge in [-0.1, -0.05) is 17.7 Å². The minimum absolute atomic E-state index is 0.0748. The number of carbonyl (C=O) groups is 3. The number of halogens is 1. The second-order valence-electron chi connectivity index (χ2n) is 4.28. The third-order valence-electron chi connectivity index (χ3n) is 2.74. The first kappa shape index (κ1) is 16.4. The minimum Gasteiger partial charge on any atom is -0.506 e. The van der Waals surface area contributed by atoms with Crippen LogP contribution in [0.3, 0.4) is 0 Å². The van der Waals surface area contributed by atoms with Gasteiger partial charge in [0.15, 0.2) is 0 Å². The highest BCUT2D eigenvalue weighted by Gasteiger charge is 2.36. The third-order valence-corrected chi connectivity index (χ3v) is 3.95. The molecule has 0 radical (unpaired) electrons. The molecule has 6 nitrogen and oxygen atoms in total. The summed E-state index contributed by atoms with van der Waals surface area (Å²) in [7, 11) is 0. The van der Waals surface area contributed by atoms with Crippen LogP contribution in [0.5, 0.6) is 5.75 Å². The average Bonchev–Trinajstić information content (AvgIpc) is 2.71. The molecule has 22 heavy (non-hydrogen) atoms. The van der Waals surface area contributed by atoms with E-state index in [0.717, 1.165) is 16.7 Å². The Morgan fingerprint density at radius 2 is 2.18 bits per heavy atom. The van der Waals surface area contributed by atoms with Crippen molar-refractivity contribution in [2.75, 3.05) is 13.2 Å². The molecular weight excluding hydrogens is 330 g/mol. The minimum atomic E-state index is -0.640. The lowest BCUT2D eigenvalue weighted by atomic mass is 10.2. The Balaban J connectivity index is 2.18. The maximum atomic E-state index is 12.1. The Morgan fingerprint density at radius 3 is 2.82 bits per heavy atom. The maximum Gasteiger partial charge on any atom is 0.326 e. The molecule has 1 saturated heterocycles. The fraction of sp³-hybridized carbons (Fsp3) is 0.214. The Morgan fingerprint density at radius 1 is 1.45 bits per heavy atom. The fourth-order valence-corrected chi connectivity index (χ4v) is 2.76. The van der Waals surface area contributed by atoms with Crippen molar-refractivity contribution in [3.63, 3.8) is 0 Å². The molecule has 0 aliphatic carbocycles. The third kappa shape index (κ3) is 3.61. The summed E-state index contributed by atoms with van der Waals surface area (Å²) < 4.78 is 4.72. The zero-order valence-electron chi connectivity index (χ0n) is 11.5. The number of hydrogen-bond acceptors (Lipinski definition) is 6. The van der Waals surface area contributed by atoms with E-state index in [4.69, 9.17) is 16.3 Å². The number of rotatable bonds is 4. The molecule has 0 unspecified atom stereocenters. The van der Waals surface area contributed by atoms with Gasteiger partial charge in [-0.15, -0.1) is 0 Å². The van der Waals surface area contributed by atoms with E-state index in [-0.39, 0.29) is 22.3 Å². The molecule has 1 N–H and O–H groups in total. The first-order chi connectivity index (χ1) is 10.4. The molecule has 2 rings (SSSR count). The van der Waals surface area contributed by atoms with Gasteiger partial charge in [0.05, 0.1) is 16.5 Å². The molecule has 1 aromatic carbocycles. The van der Waals surface area contributed by atoms with Gasteiger partial charge >= 0.3 is 5.97 Å². The largest absolute Gasteiger partial charge is 0.506 e. The lowest BCUT2D eigenvalue weighted by Crippen LogP contribution is -2.34. The predicted octanol–water partition coefficient (Wildman–Crippen LogP) is 2.65. The van der Waals surface area contributed by atoms with Crippen LogP contribution in [0.2, 0.25) is 5.02 Å². The molecular formula is C14H12ClNO5S. The zero-order chi connectivity index (χ0) is 16.3. The smallest absolute Gasteiger partial charge is 0.326 e. The molecule has 0 atom stereocenters. The van der Waals surface area contributed by atoms with E-state index in [9.17, 15) is 19.5 Å². The van der Waals surface area contributed by atoms with Crippen LogP contribution in [0.1, 0.15) is 12.5 Å². The summed E-state index contributed by atoms with van der Waals surface area (Å²) in [5.74, 6) is -1.28. The number of thioether (sulfide) groups is 1. The molecule has 1 aliphatic heterocycles. The second-order valence-corrected chi connectivity index (χ2v) is 5.68. The zero-order valence-corrected chi connectivity index (χ0v) is 13.1. The van der Waals surface area contributed by atoms with Crippen LogP contribution in [0, 0.1) is 0 Å². The van der Waals surface area contributed by atoms with E-state index in [1.165, 1.54) is 18.2 Å². The predicted molar refractivity (Wildman–Crippen MR) is 82.4 cm³/mol. The van der Waals surface area contributed by atoms with Gasteiger partial charge in [-0.05, 0) is 42.5 Å². The number of ether oxygens (including phenoxy) is 1. The van der Waals surface area contributed by atoms with E-state index >= 15 is 0 Å². The number of nitrogens with zero attached hydrogens (tertiary/aromatic N) is 1. The van der Waals surface area contributed by atoms with Crippen LogP contribution in [-0.4, -0.2) is 40.3 Å². The van der Waals surface area contributed by atoms with E-state index in [1.807, 2.05) is 0 Å². The number of esters is 1. The molecule has 1 heterocycles. The Labute approximate surface area is 135 Å². The van der Waals surface area contributed by atoms with E-state index in [1.54, 1.807) is 13.0 Å². The summed E-state index contributed by atoms with van der Waals surface area (Å²) in [6.45, 7) is 1.41. The highest BCUT2D eigenvalue weighted by atomic mass is 35.5. The molecule has 116 valence electrons. The average molecular weight is 342 g/mol. The van der Waals surface area contributed by atoms with Gasteiger partial charge in [0.2, 0.25) is 0 Å². The standard InChI is InChI=1S/C14H12ClNO5S/c1-2-21-12(18)7-16-13(19)11(22-14(16)20)6-8-3-4-10(17)9(15)5-8/h3-6,17H,2,7H2,1H3/b11-6+. The van der Waals surface area contributed by atoms with Crippen LogP contribution in [0.25, 0.3) is 6.08 Å². The van der Waals surface area contributed by atoms with Gasteiger partial charge < -0.3 is 9.84 Å². The summed E-state index contributed by atoms with van der Waals surface area (Å²) in [6.07, 6.45) is 1.47. The van der Waals surface area contributed by atoms with Gasteiger partial charge in [-0.25, -0.2) is 0 Å². The summed E-state index contributed by atoms with van der Waals surface area (Å²) >= 11 is 6.52. The molecule has 1 fully saturated rings. The fourth-order valence-electron chi connectivity index (χ4n) is 1.74. The first-order valence-corrected chi connectivity index (χ1v) is 7.51. The van der Waals surface area contributed by atoms with Crippen LogP contribution in [0.15, 0.2) is 23.1 Å². The second kappa shape index (κ2) is 6.85. The summed E-state index contributed by atoms with van der Waals surface area (Å²) in [4.78, 5) is 36.3. The Kier molecular flexibility index (Phi) is 5.10. The molecule has 0 aromatic heterocycles. The lowest BCUT2D eigenvalue weighted by Gasteiger charge is -2.10. The molecule has 8 heteroatoms. The number of phenolic OH excluding ortho intramolecular Hbond substituents is 1. The van der Waals surface area contributed by atoms with E-state index < -0.39 is 23.7 Å². The van der Waals surface area contributed by atoms with Gasteiger partial charge in [0.1, 0.15) is 12.3 Å². The van der Waals surface area contributed by atoms with Crippen molar-refractivity contribution in [3.05, 3.63) is 33.7 Å². The quantitative estimate of drug-likeness (QED) is 0.669. The SMILES string of the molecule is CCOC(=O)CN1C(=O)S/C(=C/c2ccc(O)c(Cl)c2)C1=O. The summed E-state index contributed by atoms with van der Waals surface area (Å²) in [6, 6.07) is 4.41. The van der Waals surface area contributed by atoms with Crippen molar-refractivity contribution in [2.24, 2.45) is 0 Å². The number of carbonyl (C=O) groups excluding carboxylic acids is 3. The van der Waals surface area contributed by atoms with Crippen molar-refractivity contribution in [1.29, 1.82) is 0 Å². The number of benzene rings is 1. The van der Waals surface area contributed by atoms with Crippen molar-refractivity contribution in [3.8, 4) is 5.75 Å². The number of amides is 2. The molecule has 0 saturated carbocycles. The maximum absolute atomic E-state index is 12.1. The number of imide groups is 1. The van der Waals surface area contributed by atoms with Gasteiger partial charge in [0.25, 0.3) is 11.1 Å². The van der Waals surface area contributed by atoms with Gasteiger partial charge in [-0.3, -0.25) is 19.3 Å². The van der Waals surface area contributed by atoms with Crippen molar-refractivity contribution in [2.45, 2.75) is 6.92 Å². The van der Waals surface area contributed by atoms with Crippen LogP contribution in [-0.2, 0) is 14.3 Å². The molecule has 0 spiro atoms. The Hall–Kier alpha value is -1.99. The van der Waals surface area contributed by atoms with Crippen molar-refractivity contribution >= 4 is 46.6 Å². The lowest BCUT2D eigenvalue weighted by molar-refractivity contribution is -0.145. The van der Waals surface area contributed by atoms with Crippen LogP contribution >= 0.6 is 23.4 Å². The summed E-state index contributed by atoms with van der Waals surface area (Å²) in [5.41, 5.74) is 0.560. The monoisotopic (exact) mass is 341 g/mol. The van der Waals surface area contributed by atoms with Gasteiger partial charge in [0, 0.05) is 0 Å². The number of aromatic hydroxyl groups is 1. The summed E-state index contributed by atoms with van der Waals surface area (Å²) in [5, 5.41) is 8.96. The molecule has 2 amide bonds. The number of phenols is 1. The number of hydrogen-bond donors (Lipinski definition) is 1. The van der Waals surface area contributed by atoms with E-state index in [0.29, 0.717) is 5.56 Å². The van der Waals surface area contributed by atoms with Crippen molar-refractivity contribution < 1.29 is 24.2 Å². The van der Waals surface area contributed by atoms with Crippen LogP contribution in [0.4, 0.5) is 4.79 Å². The first-order valence-electron chi connectivity index (χ1n) is 6.32. The topological polar surface area (TPSA) is 83.9 Å². The highest BCUT2D eigenvalue weighted by molar-refractivity contribution is 8.18. The highest BCUT2D eigenvalue weighted by Crippen LogP contribution is 2.33. The van der Waals surface area contributed by atoms with Crippen LogP contribution < -0.4 is 0 Å². The molecule has 1 aromatic rings. The molecule has 0 bridgehead atoms. The van der Waals surface area contributed by atoms with E-state index in [2.05, 4.69) is 0 Å². The normalized spacial score (nSPS) is 16.5. The van der Waals surface area contributed by atoms with Gasteiger partial charge in [-0.2, -0.15) is 0 Å². The van der Waals surface area contributed by atoms with Crippen molar-refractivity contribution in [1.82, 2.24) is 4.90 Å². The Bertz CT molecular complexity index is 673. The molecule has 1 aliphatic rings.